The maximum Gasteiger partial charge on any atom is 0.243 e. The van der Waals surface area contributed by atoms with Gasteiger partial charge in [-0.1, -0.05) is 54.6 Å². The van der Waals surface area contributed by atoms with E-state index < -0.39 is 0 Å². The maximum absolute atomic E-state index is 13.4. The van der Waals surface area contributed by atoms with Crippen molar-refractivity contribution in [2.45, 2.75) is 56.7 Å². The van der Waals surface area contributed by atoms with Crippen LogP contribution in [0.3, 0.4) is 0 Å². The molecule has 1 fully saturated rings. The molecular formula is C28H33N5O. The molecule has 0 saturated heterocycles. The van der Waals surface area contributed by atoms with Crippen LogP contribution in [-0.2, 0) is 17.6 Å². The lowest BCUT2D eigenvalue weighted by Crippen LogP contribution is -2.50. The second-order valence-corrected chi connectivity index (χ2v) is 9.72. The van der Waals surface area contributed by atoms with Crippen molar-refractivity contribution in [3.05, 3.63) is 77.4 Å². The Bertz CT molecular complexity index is 1210. The number of carbonyl (C=O) groups excluding carboxylic acids is 1. The fraction of sp³-hybridized carbons (Fsp3) is 0.357. The van der Waals surface area contributed by atoms with Gasteiger partial charge in [-0.15, -0.1) is 0 Å². The van der Waals surface area contributed by atoms with Gasteiger partial charge >= 0.3 is 0 Å². The quantitative estimate of drug-likeness (QED) is 0.337. The standard InChI is InChI=1S/C28H33N5O/c29-23-9-11-24(12-10-23)32-28(34)26-16-21-7-8-22(27(30)31)17-25(21)33(26)14-13-18-5-6-19-3-1-2-4-20(19)15-18/h1-8,15,17,23-24,26H,9-14,16,29H2,(H3,30,31)(H,32,34). The van der Waals surface area contributed by atoms with Crippen molar-refractivity contribution in [3.63, 3.8) is 0 Å². The number of nitrogen functional groups attached to an aromatic ring is 1. The van der Waals surface area contributed by atoms with E-state index in [2.05, 4.69) is 52.7 Å². The van der Waals surface area contributed by atoms with E-state index in [1.807, 2.05) is 18.2 Å². The number of nitrogens with two attached hydrogens (primary N) is 2. The number of nitrogens with one attached hydrogen (secondary N) is 2. The number of rotatable bonds is 6. The highest BCUT2D eigenvalue weighted by molar-refractivity contribution is 5.97. The number of anilines is 1. The summed E-state index contributed by atoms with van der Waals surface area (Å²) in [5, 5.41) is 13.6. The Labute approximate surface area is 200 Å². The van der Waals surface area contributed by atoms with Gasteiger partial charge in [-0.25, -0.2) is 0 Å². The lowest BCUT2D eigenvalue weighted by Gasteiger charge is -2.31. The van der Waals surface area contributed by atoms with E-state index in [1.54, 1.807) is 0 Å². The fourth-order valence-corrected chi connectivity index (χ4v) is 5.37. The highest BCUT2D eigenvalue weighted by atomic mass is 16.2. The predicted octanol–water partition coefficient (Wildman–Crippen LogP) is 3.48. The number of hydrogen-bond donors (Lipinski definition) is 4. The third kappa shape index (κ3) is 4.64. The number of carbonyl (C=O) groups is 1. The van der Waals surface area contributed by atoms with Crippen LogP contribution in [0.1, 0.15) is 42.4 Å². The van der Waals surface area contributed by atoms with Crippen LogP contribution in [0.15, 0.2) is 60.7 Å². The second-order valence-electron chi connectivity index (χ2n) is 9.72. The van der Waals surface area contributed by atoms with E-state index in [0.717, 1.165) is 49.9 Å². The minimum absolute atomic E-state index is 0.0451. The summed E-state index contributed by atoms with van der Waals surface area (Å²) in [4.78, 5) is 15.6. The topological polar surface area (TPSA) is 108 Å². The Morgan fingerprint density at radius 1 is 1.00 bits per heavy atom. The van der Waals surface area contributed by atoms with Crippen LogP contribution in [0, 0.1) is 5.41 Å². The molecule has 3 aromatic carbocycles. The molecule has 176 valence electrons. The molecule has 0 radical (unpaired) electrons. The third-order valence-electron chi connectivity index (χ3n) is 7.37. The van der Waals surface area contributed by atoms with E-state index >= 15 is 0 Å². The summed E-state index contributed by atoms with van der Waals surface area (Å²) in [6, 6.07) is 21.0. The number of amidine groups is 1. The summed E-state index contributed by atoms with van der Waals surface area (Å²) in [5.41, 5.74) is 15.9. The van der Waals surface area contributed by atoms with Crippen molar-refractivity contribution in [2.75, 3.05) is 11.4 Å². The van der Waals surface area contributed by atoms with E-state index in [-0.39, 0.29) is 29.9 Å². The zero-order chi connectivity index (χ0) is 23.7. The Morgan fingerprint density at radius 3 is 2.53 bits per heavy atom. The first kappa shape index (κ1) is 22.4. The van der Waals surface area contributed by atoms with Crippen molar-refractivity contribution in [1.82, 2.24) is 5.32 Å². The van der Waals surface area contributed by atoms with Crippen molar-refractivity contribution in [2.24, 2.45) is 11.5 Å². The Kier molecular flexibility index (Phi) is 6.24. The molecular weight excluding hydrogens is 422 g/mol. The van der Waals surface area contributed by atoms with Gasteiger partial charge in [0.25, 0.3) is 0 Å². The van der Waals surface area contributed by atoms with Gasteiger partial charge in [0.05, 0.1) is 0 Å². The van der Waals surface area contributed by atoms with Gasteiger partial charge in [-0.3, -0.25) is 10.2 Å². The van der Waals surface area contributed by atoms with Crippen molar-refractivity contribution >= 4 is 28.2 Å². The van der Waals surface area contributed by atoms with E-state index in [0.29, 0.717) is 12.0 Å². The van der Waals surface area contributed by atoms with Gasteiger partial charge in [0.1, 0.15) is 11.9 Å². The van der Waals surface area contributed by atoms with Gasteiger partial charge < -0.3 is 21.7 Å². The summed E-state index contributed by atoms with van der Waals surface area (Å²) in [7, 11) is 0. The number of hydrogen-bond acceptors (Lipinski definition) is 4. The first-order valence-electron chi connectivity index (χ1n) is 12.3. The zero-order valence-electron chi connectivity index (χ0n) is 19.5. The van der Waals surface area contributed by atoms with Crippen molar-refractivity contribution < 1.29 is 4.79 Å². The normalized spacial score (nSPS) is 21.9. The summed E-state index contributed by atoms with van der Waals surface area (Å²) in [6.07, 6.45) is 5.31. The fourth-order valence-electron chi connectivity index (χ4n) is 5.37. The van der Waals surface area contributed by atoms with Gasteiger partial charge in [0, 0.05) is 36.3 Å². The summed E-state index contributed by atoms with van der Waals surface area (Å²) < 4.78 is 0. The van der Waals surface area contributed by atoms with Crippen LogP contribution in [0.2, 0.25) is 0 Å². The van der Waals surface area contributed by atoms with E-state index in [1.165, 1.54) is 16.3 Å². The van der Waals surface area contributed by atoms with E-state index in [9.17, 15) is 4.79 Å². The smallest absolute Gasteiger partial charge is 0.243 e. The number of nitrogens with zero attached hydrogens (tertiary/aromatic N) is 1. The predicted molar refractivity (Wildman–Crippen MR) is 138 cm³/mol. The molecule has 1 saturated carbocycles. The van der Waals surface area contributed by atoms with Crippen LogP contribution in [0.25, 0.3) is 10.8 Å². The molecule has 5 rings (SSSR count). The minimum atomic E-state index is -0.256. The van der Waals surface area contributed by atoms with Crippen LogP contribution in [0.4, 0.5) is 5.69 Å². The molecule has 1 aliphatic heterocycles. The number of benzene rings is 3. The summed E-state index contributed by atoms with van der Waals surface area (Å²) in [5.74, 6) is 0.128. The summed E-state index contributed by atoms with van der Waals surface area (Å²) in [6.45, 7) is 0.723. The number of fused-ring (bicyclic) bond motifs is 2. The molecule has 0 aromatic heterocycles. The molecule has 1 aliphatic carbocycles. The average Bonchev–Trinajstić information content (AvgIpc) is 3.22. The molecule has 1 atom stereocenters. The molecule has 6 nitrogen and oxygen atoms in total. The van der Waals surface area contributed by atoms with Crippen LogP contribution < -0.4 is 21.7 Å². The Hall–Kier alpha value is -3.38. The molecule has 1 amide bonds. The molecule has 2 aliphatic rings. The van der Waals surface area contributed by atoms with Gasteiger partial charge in [0.2, 0.25) is 5.91 Å². The summed E-state index contributed by atoms with van der Waals surface area (Å²) >= 11 is 0. The molecule has 0 spiro atoms. The van der Waals surface area contributed by atoms with Crippen LogP contribution in [-0.4, -0.2) is 36.4 Å². The van der Waals surface area contributed by atoms with Gasteiger partial charge in [-0.05, 0) is 60.1 Å². The zero-order valence-corrected chi connectivity index (χ0v) is 19.5. The molecule has 3 aromatic rings. The SMILES string of the molecule is N=C(N)c1ccc2c(c1)N(CCc1ccc3ccccc3c1)C(C(=O)NC1CCC(N)CC1)C2. The molecule has 6 N–H and O–H groups in total. The second kappa shape index (κ2) is 9.47. The highest BCUT2D eigenvalue weighted by Gasteiger charge is 2.35. The third-order valence-corrected chi connectivity index (χ3v) is 7.37. The van der Waals surface area contributed by atoms with Crippen LogP contribution in [0.5, 0.6) is 0 Å². The lowest BCUT2D eigenvalue weighted by atomic mass is 9.91. The molecule has 1 heterocycles. The molecule has 0 bridgehead atoms. The lowest BCUT2D eigenvalue weighted by molar-refractivity contribution is -0.123. The molecule has 1 unspecified atom stereocenters. The van der Waals surface area contributed by atoms with Gasteiger partial charge in [-0.2, -0.15) is 0 Å². The largest absolute Gasteiger partial charge is 0.384 e. The average molecular weight is 456 g/mol. The highest BCUT2D eigenvalue weighted by Crippen LogP contribution is 2.34. The van der Waals surface area contributed by atoms with Crippen molar-refractivity contribution in [1.29, 1.82) is 5.41 Å². The maximum atomic E-state index is 13.4. The number of amides is 1. The van der Waals surface area contributed by atoms with Crippen LogP contribution >= 0.6 is 0 Å². The Morgan fingerprint density at radius 2 is 1.76 bits per heavy atom. The van der Waals surface area contributed by atoms with Gasteiger partial charge in [0.15, 0.2) is 0 Å². The van der Waals surface area contributed by atoms with E-state index in [4.69, 9.17) is 16.9 Å². The minimum Gasteiger partial charge on any atom is -0.384 e. The first-order valence-corrected chi connectivity index (χ1v) is 12.3. The monoisotopic (exact) mass is 455 g/mol. The Balaban J connectivity index is 1.37. The molecule has 6 heteroatoms. The van der Waals surface area contributed by atoms with Crippen molar-refractivity contribution in [3.8, 4) is 0 Å². The molecule has 34 heavy (non-hydrogen) atoms. The first-order chi connectivity index (χ1) is 16.5.